The first-order chi connectivity index (χ1) is 9.82. The Morgan fingerprint density at radius 3 is 2.29 bits per heavy atom. The summed E-state index contributed by atoms with van der Waals surface area (Å²) in [6.07, 6.45) is 2.18. The van der Waals surface area contributed by atoms with Gasteiger partial charge in [0.2, 0.25) is 11.8 Å². The van der Waals surface area contributed by atoms with Crippen molar-refractivity contribution in [1.29, 1.82) is 0 Å². The van der Waals surface area contributed by atoms with E-state index in [2.05, 4.69) is 57.3 Å². The third kappa shape index (κ3) is 3.52. The van der Waals surface area contributed by atoms with Gasteiger partial charge >= 0.3 is 0 Å². The topological polar surface area (TPSA) is 46.2 Å². The Morgan fingerprint density at radius 2 is 1.76 bits per heavy atom. The van der Waals surface area contributed by atoms with Crippen LogP contribution in [0.15, 0.2) is 24.3 Å². The fourth-order valence-corrected chi connectivity index (χ4v) is 3.03. The number of hydrogen-bond donors (Lipinski definition) is 1. The fraction of sp³-hybridized carbons (Fsp3) is 0.556. The third-order valence-electron chi connectivity index (χ3n) is 4.29. The molecule has 1 saturated heterocycles. The number of benzene rings is 1. The van der Waals surface area contributed by atoms with Gasteiger partial charge in [-0.15, -0.1) is 0 Å². The van der Waals surface area contributed by atoms with Crippen molar-refractivity contribution >= 4 is 11.8 Å². The number of amides is 2. The first kappa shape index (κ1) is 15.7. The van der Waals surface area contributed by atoms with Crippen LogP contribution in [0.3, 0.4) is 0 Å². The molecule has 114 valence electrons. The molecule has 21 heavy (non-hydrogen) atoms. The quantitative estimate of drug-likeness (QED) is 0.864. The summed E-state index contributed by atoms with van der Waals surface area (Å²) in [5.41, 5.74) is 2.48. The summed E-state index contributed by atoms with van der Waals surface area (Å²) in [6, 6.07) is 8.41. The molecule has 3 heteroatoms. The zero-order chi connectivity index (χ0) is 15.6. The molecule has 0 saturated carbocycles. The summed E-state index contributed by atoms with van der Waals surface area (Å²) in [5.74, 6) is -0.344. The molecule has 2 atom stereocenters. The lowest BCUT2D eigenvalue weighted by Crippen LogP contribution is -2.44. The Morgan fingerprint density at radius 1 is 1.14 bits per heavy atom. The van der Waals surface area contributed by atoms with Crippen LogP contribution in [0.2, 0.25) is 0 Å². The van der Waals surface area contributed by atoms with Crippen LogP contribution >= 0.6 is 0 Å². The number of rotatable bonds is 3. The highest BCUT2D eigenvalue weighted by Gasteiger charge is 2.36. The van der Waals surface area contributed by atoms with Gasteiger partial charge in [0.15, 0.2) is 0 Å². The molecule has 1 fully saturated rings. The highest BCUT2D eigenvalue weighted by Crippen LogP contribution is 2.35. The van der Waals surface area contributed by atoms with Gasteiger partial charge in [-0.3, -0.25) is 14.9 Å². The molecule has 1 aromatic rings. The van der Waals surface area contributed by atoms with Gasteiger partial charge in [0.05, 0.1) is 0 Å². The lowest BCUT2D eigenvalue weighted by Gasteiger charge is -2.30. The fourth-order valence-electron chi connectivity index (χ4n) is 3.03. The van der Waals surface area contributed by atoms with E-state index in [9.17, 15) is 9.59 Å². The lowest BCUT2D eigenvalue weighted by molar-refractivity contribution is -0.137. The number of carbonyl (C=O) groups excluding carboxylic acids is 2. The minimum atomic E-state index is -0.155. The van der Waals surface area contributed by atoms with E-state index in [1.807, 2.05) is 0 Å². The first-order valence-corrected chi connectivity index (χ1v) is 7.77. The summed E-state index contributed by atoms with van der Waals surface area (Å²) in [6.45, 7) is 8.61. The van der Waals surface area contributed by atoms with Gasteiger partial charge in [-0.25, -0.2) is 0 Å². The summed E-state index contributed by atoms with van der Waals surface area (Å²) in [5, 5.41) is 2.47. The molecule has 0 spiro atoms. The van der Waals surface area contributed by atoms with Gasteiger partial charge in [-0.2, -0.15) is 0 Å². The number of imide groups is 1. The van der Waals surface area contributed by atoms with Crippen LogP contribution in [0.1, 0.15) is 64.0 Å². The Labute approximate surface area is 127 Å². The molecule has 0 aliphatic carbocycles. The molecule has 0 radical (unpaired) electrons. The van der Waals surface area contributed by atoms with E-state index < -0.39 is 0 Å². The predicted octanol–water partition coefficient (Wildman–Crippen LogP) is 3.53. The monoisotopic (exact) mass is 287 g/mol. The van der Waals surface area contributed by atoms with Gasteiger partial charge in [-0.05, 0) is 23.0 Å². The minimum Gasteiger partial charge on any atom is -0.296 e. The second kappa shape index (κ2) is 6.00. The molecular weight excluding hydrogens is 262 g/mol. The van der Waals surface area contributed by atoms with Gasteiger partial charge < -0.3 is 0 Å². The van der Waals surface area contributed by atoms with Crippen molar-refractivity contribution in [3.05, 3.63) is 35.4 Å². The minimum absolute atomic E-state index is 0.0141. The smallest absolute Gasteiger partial charge is 0.230 e. The standard InChI is InChI=1S/C18H25NO2/c1-5-6-14-15(11-16(20)19-17(14)21)12-7-9-13(10-8-12)18(2,3)4/h7-10,14-15H,5-6,11H2,1-4H3,(H,19,20,21). The van der Waals surface area contributed by atoms with E-state index in [0.29, 0.717) is 6.42 Å². The maximum atomic E-state index is 12.1. The van der Waals surface area contributed by atoms with E-state index in [0.717, 1.165) is 18.4 Å². The summed E-state index contributed by atoms with van der Waals surface area (Å²) < 4.78 is 0. The van der Waals surface area contributed by atoms with E-state index in [-0.39, 0.29) is 29.1 Å². The number of piperidine rings is 1. The van der Waals surface area contributed by atoms with Crippen molar-refractivity contribution < 1.29 is 9.59 Å². The maximum absolute atomic E-state index is 12.1. The number of hydrogen-bond acceptors (Lipinski definition) is 2. The van der Waals surface area contributed by atoms with Crippen molar-refractivity contribution in [2.75, 3.05) is 0 Å². The van der Waals surface area contributed by atoms with E-state index >= 15 is 0 Å². The molecule has 2 amide bonds. The van der Waals surface area contributed by atoms with Crippen molar-refractivity contribution in [3.63, 3.8) is 0 Å². The molecule has 1 aliphatic heterocycles. The highest BCUT2D eigenvalue weighted by atomic mass is 16.2. The molecule has 2 unspecified atom stereocenters. The molecular formula is C18H25NO2. The first-order valence-electron chi connectivity index (χ1n) is 7.77. The molecule has 1 aromatic carbocycles. The Kier molecular flexibility index (Phi) is 4.50. The molecule has 3 nitrogen and oxygen atoms in total. The molecule has 1 aliphatic rings. The second-order valence-electron chi connectivity index (χ2n) is 6.99. The SMILES string of the molecule is CCCC1C(=O)NC(=O)CC1c1ccc(C(C)(C)C)cc1. The van der Waals surface area contributed by atoms with Crippen LogP contribution in [0, 0.1) is 5.92 Å². The average Bonchev–Trinajstić information content (AvgIpc) is 2.41. The molecule has 2 rings (SSSR count). The third-order valence-corrected chi connectivity index (χ3v) is 4.29. The Bertz CT molecular complexity index is 525. The van der Waals surface area contributed by atoms with Crippen molar-refractivity contribution in [2.45, 2.75) is 58.3 Å². The zero-order valence-corrected chi connectivity index (χ0v) is 13.4. The Hall–Kier alpha value is -1.64. The maximum Gasteiger partial charge on any atom is 0.230 e. The van der Waals surface area contributed by atoms with E-state index in [1.165, 1.54) is 5.56 Å². The summed E-state index contributed by atoms with van der Waals surface area (Å²) >= 11 is 0. The molecule has 1 N–H and O–H groups in total. The predicted molar refractivity (Wildman–Crippen MR) is 84.0 cm³/mol. The van der Waals surface area contributed by atoms with Gasteiger partial charge in [0.25, 0.3) is 0 Å². The van der Waals surface area contributed by atoms with Gasteiger partial charge in [-0.1, -0.05) is 58.4 Å². The van der Waals surface area contributed by atoms with Gasteiger partial charge in [0.1, 0.15) is 0 Å². The highest BCUT2D eigenvalue weighted by molar-refractivity contribution is 5.99. The molecule has 0 bridgehead atoms. The van der Waals surface area contributed by atoms with Gasteiger partial charge in [0, 0.05) is 18.3 Å². The van der Waals surface area contributed by atoms with E-state index in [4.69, 9.17) is 0 Å². The summed E-state index contributed by atoms with van der Waals surface area (Å²) in [7, 11) is 0. The van der Waals surface area contributed by atoms with E-state index in [1.54, 1.807) is 0 Å². The van der Waals surface area contributed by atoms with Crippen LogP contribution in [-0.2, 0) is 15.0 Å². The van der Waals surface area contributed by atoms with Crippen LogP contribution < -0.4 is 5.32 Å². The Balaban J connectivity index is 2.28. The van der Waals surface area contributed by atoms with Crippen LogP contribution in [0.5, 0.6) is 0 Å². The lowest BCUT2D eigenvalue weighted by atomic mass is 9.77. The van der Waals surface area contributed by atoms with Crippen molar-refractivity contribution in [3.8, 4) is 0 Å². The second-order valence-corrected chi connectivity index (χ2v) is 6.99. The molecule has 1 heterocycles. The largest absolute Gasteiger partial charge is 0.296 e. The number of carbonyl (C=O) groups is 2. The van der Waals surface area contributed by atoms with Crippen LogP contribution in [-0.4, -0.2) is 11.8 Å². The number of nitrogens with one attached hydrogen (secondary N) is 1. The van der Waals surface area contributed by atoms with Crippen LogP contribution in [0.4, 0.5) is 0 Å². The normalized spacial score (nSPS) is 23.0. The van der Waals surface area contributed by atoms with Crippen molar-refractivity contribution in [2.24, 2.45) is 5.92 Å². The van der Waals surface area contributed by atoms with Crippen molar-refractivity contribution in [1.82, 2.24) is 5.32 Å². The average molecular weight is 287 g/mol. The molecule has 0 aromatic heterocycles. The van der Waals surface area contributed by atoms with Crippen LogP contribution in [0.25, 0.3) is 0 Å². The summed E-state index contributed by atoms with van der Waals surface area (Å²) in [4.78, 5) is 23.8. The zero-order valence-electron chi connectivity index (χ0n) is 13.4.